The molecule has 0 amide bonds. The number of aromatic amines is 1. The number of ether oxygens (including phenoxy) is 1. The van der Waals surface area contributed by atoms with Crippen molar-refractivity contribution in [2.75, 3.05) is 31.2 Å². The van der Waals surface area contributed by atoms with E-state index in [9.17, 15) is 0 Å². The average Bonchev–Trinajstić information content (AvgIpc) is 2.83. The number of benzene rings is 1. The van der Waals surface area contributed by atoms with E-state index in [0.29, 0.717) is 4.77 Å². The third-order valence-electron chi connectivity index (χ3n) is 2.96. The molecule has 0 radical (unpaired) electrons. The van der Waals surface area contributed by atoms with Crippen LogP contribution >= 0.6 is 12.2 Å². The van der Waals surface area contributed by atoms with Crippen LogP contribution in [0, 0.1) is 4.77 Å². The SMILES string of the molecule is S=c1[nH]nc(N2CCOCC2)n1-c1ccccc1. The van der Waals surface area contributed by atoms with Gasteiger partial charge in [-0.05, 0) is 24.4 Å². The second-order valence-corrected chi connectivity index (χ2v) is 4.49. The van der Waals surface area contributed by atoms with Crippen molar-refractivity contribution in [3.8, 4) is 5.69 Å². The maximum Gasteiger partial charge on any atom is 0.230 e. The molecule has 0 saturated carbocycles. The highest BCUT2D eigenvalue weighted by molar-refractivity contribution is 7.71. The predicted octanol–water partition coefficient (Wildman–Crippen LogP) is 1.77. The minimum Gasteiger partial charge on any atom is -0.378 e. The average molecular weight is 262 g/mol. The van der Waals surface area contributed by atoms with Crippen LogP contribution in [0.3, 0.4) is 0 Å². The third-order valence-corrected chi connectivity index (χ3v) is 3.24. The molecular formula is C12H14N4OS. The van der Waals surface area contributed by atoms with Gasteiger partial charge in [0.25, 0.3) is 0 Å². The molecule has 1 aromatic heterocycles. The van der Waals surface area contributed by atoms with E-state index in [4.69, 9.17) is 17.0 Å². The molecule has 5 nitrogen and oxygen atoms in total. The zero-order valence-corrected chi connectivity index (χ0v) is 10.7. The first-order valence-corrected chi connectivity index (χ1v) is 6.32. The summed E-state index contributed by atoms with van der Waals surface area (Å²) < 4.78 is 7.93. The molecule has 1 aromatic carbocycles. The molecule has 18 heavy (non-hydrogen) atoms. The van der Waals surface area contributed by atoms with Crippen molar-refractivity contribution in [3.63, 3.8) is 0 Å². The first kappa shape index (κ1) is 11.4. The molecule has 1 N–H and O–H groups in total. The molecule has 0 aliphatic carbocycles. The van der Waals surface area contributed by atoms with E-state index < -0.39 is 0 Å². The lowest BCUT2D eigenvalue weighted by atomic mass is 10.3. The minimum absolute atomic E-state index is 0.614. The summed E-state index contributed by atoms with van der Waals surface area (Å²) in [7, 11) is 0. The minimum atomic E-state index is 0.614. The van der Waals surface area contributed by atoms with Crippen molar-refractivity contribution in [1.82, 2.24) is 14.8 Å². The van der Waals surface area contributed by atoms with E-state index in [1.54, 1.807) is 0 Å². The highest BCUT2D eigenvalue weighted by Crippen LogP contribution is 2.18. The van der Waals surface area contributed by atoms with Crippen LogP contribution < -0.4 is 4.90 Å². The van der Waals surface area contributed by atoms with Crippen LogP contribution in [0.4, 0.5) is 5.95 Å². The highest BCUT2D eigenvalue weighted by atomic mass is 32.1. The van der Waals surface area contributed by atoms with E-state index >= 15 is 0 Å². The van der Waals surface area contributed by atoms with Crippen LogP contribution in [0.2, 0.25) is 0 Å². The molecule has 1 saturated heterocycles. The topological polar surface area (TPSA) is 46.1 Å². The molecule has 0 bridgehead atoms. The van der Waals surface area contributed by atoms with Crippen molar-refractivity contribution in [2.45, 2.75) is 0 Å². The van der Waals surface area contributed by atoms with Crippen molar-refractivity contribution in [2.24, 2.45) is 0 Å². The van der Waals surface area contributed by atoms with E-state index in [1.807, 2.05) is 34.9 Å². The van der Waals surface area contributed by atoms with Gasteiger partial charge in [0.15, 0.2) is 0 Å². The van der Waals surface area contributed by atoms with Gasteiger partial charge in [-0.1, -0.05) is 18.2 Å². The Morgan fingerprint density at radius 2 is 1.89 bits per heavy atom. The molecule has 0 unspecified atom stereocenters. The first-order chi connectivity index (χ1) is 8.86. The molecule has 6 heteroatoms. The second-order valence-electron chi connectivity index (χ2n) is 4.10. The number of para-hydroxylation sites is 1. The summed E-state index contributed by atoms with van der Waals surface area (Å²) in [5, 5.41) is 7.20. The van der Waals surface area contributed by atoms with Gasteiger partial charge in [-0.2, -0.15) is 0 Å². The highest BCUT2D eigenvalue weighted by Gasteiger charge is 2.18. The van der Waals surface area contributed by atoms with E-state index in [2.05, 4.69) is 15.1 Å². The van der Waals surface area contributed by atoms with Crippen molar-refractivity contribution in [1.29, 1.82) is 0 Å². The Morgan fingerprint density at radius 1 is 1.17 bits per heavy atom. The Bertz CT molecular complexity index is 571. The number of morpholine rings is 1. The standard InChI is InChI=1S/C12H14N4OS/c18-12-14-13-11(15-6-8-17-9-7-15)16(12)10-4-2-1-3-5-10/h1-5H,6-9H2,(H,14,18). The lowest BCUT2D eigenvalue weighted by Crippen LogP contribution is -2.37. The van der Waals surface area contributed by atoms with E-state index in [0.717, 1.165) is 37.9 Å². The fourth-order valence-electron chi connectivity index (χ4n) is 2.07. The summed E-state index contributed by atoms with van der Waals surface area (Å²) in [5.74, 6) is 0.856. The number of nitrogens with zero attached hydrogens (tertiary/aromatic N) is 3. The van der Waals surface area contributed by atoms with Gasteiger partial charge < -0.3 is 9.64 Å². The maximum absolute atomic E-state index is 5.36. The third kappa shape index (κ3) is 2.04. The summed E-state index contributed by atoms with van der Waals surface area (Å²) in [6.07, 6.45) is 0. The lowest BCUT2D eigenvalue weighted by molar-refractivity contribution is 0.122. The predicted molar refractivity (Wildman–Crippen MR) is 71.8 cm³/mol. The molecule has 1 aliphatic rings. The molecule has 3 rings (SSSR count). The zero-order chi connectivity index (χ0) is 12.4. The number of nitrogens with one attached hydrogen (secondary N) is 1. The monoisotopic (exact) mass is 262 g/mol. The summed E-state index contributed by atoms with van der Waals surface area (Å²) >= 11 is 5.31. The molecule has 94 valence electrons. The maximum atomic E-state index is 5.36. The van der Waals surface area contributed by atoms with Crippen molar-refractivity contribution in [3.05, 3.63) is 35.1 Å². The van der Waals surface area contributed by atoms with E-state index in [1.165, 1.54) is 0 Å². The summed E-state index contributed by atoms with van der Waals surface area (Å²) in [6, 6.07) is 10.0. The van der Waals surface area contributed by atoms with Crippen LogP contribution in [0.1, 0.15) is 0 Å². The Balaban J connectivity index is 2.04. The molecule has 0 atom stereocenters. The van der Waals surface area contributed by atoms with Gasteiger partial charge in [0.1, 0.15) is 0 Å². The van der Waals surface area contributed by atoms with Gasteiger partial charge in [0.2, 0.25) is 10.7 Å². The van der Waals surface area contributed by atoms with Gasteiger partial charge in [-0.3, -0.25) is 4.57 Å². The Morgan fingerprint density at radius 3 is 2.61 bits per heavy atom. The number of anilines is 1. The Labute approximate surface area is 110 Å². The summed E-state index contributed by atoms with van der Waals surface area (Å²) in [6.45, 7) is 3.14. The normalized spacial score (nSPS) is 15.9. The van der Waals surface area contributed by atoms with Crippen LogP contribution in [0.5, 0.6) is 0 Å². The quantitative estimate of drug-likeness (QED) is 0.838. The van der Waals surface area contributed by atoms with Gasteiger partial charge in [0.05, 0.1) is 18.9 Å². The van der Waals surface area contributed by atoms with Crippen LogP contribution in [0.15, 0.2) is 30.3 Å². The summed E-state index contributed by atoms with van der Waals surface area (Å²) in [5.41, 5.74) is 1.03. The van der Waals surface area contributed by atoms with Gasteiger partial charge in [0, 0.05) is 13.1 Å². The van der Waals surface area contributed by atoms with Gasteiger partial charge in [-0.15, -0.1) is 5.10 Å². The molecule has 1 fully saturated rings. The summed E-state index contributed by atoms with van der Waals surface area (Å²) in [4.78, 5) is 2.18. The number of aromatic nitrogens is 3. The number of rotatable bonds is 2. The fourth-order valence-corrected chi connectivity index (χ4v) is 2.31. The van der Waals surface area contributed by atoms with Crippen LogP contribution in [0.25, 0.3) is 5.69 Å². The lowest BCUT2D eigenvalue weighted by Gasteiger charge is -2.27. The largest absolute Gasteiger partial charge is 0.378 e. The van der Waals surface area contributed by atoms with Crippen molar-refractivity contribution >= 4 is 18.2 Å². The molecule has 1 aliphatic heterocycles. The number of hydrogen-bond donors (Lipinski definition) is 1. The molecule has 0 spiro atoms. The van der Waals surface area contributed by atoms with E-state index in [-0.39, 0.29) is 0 Å². The Hall–Kier alpha value is -1.66. The number of H-pyrrole nitrogens is 1. The second kappa shape index (κ2) is 4.91. The van der Waals surface area contributed by atoms with Gasteiger partial charge >= 0.3 is 0 Å². The molecule has 2 heterocycles. The number of hydrogen-bond acceptors (Lipinski definition) is 4. The van der Waals surface area contributed by atoms with Gasteiger partial charge in [-0.25, -0.2) is 5.10 Å². The molecular weight excluding hydrogens is 248 g/mol. The fraction of sp³-hybridized carbons (Fsp3) is 0.333. The van der Waals surface area contributed by atoms with Crippen LogP contribution in [-0.2, 0) is 4.74 Å². The molecule has 2 aromatic rings. The van der Waals surface area contributed by atoms with Crippen LogP contribution in [-0.4, -0.2) is 41.1 Å². The first-order valence-electron chi connectivity index (χ1n) is 5.92. The van der Waals surface area contributed by atoms with Crippen molar-refractivity contribution < 1.29 is 4.74 Å². The zero-order valence-electron chi connectivity index (χ0n) is 9.87. The Kier molecular flexibility index (Phi) is 3.12. The smallest absolute Gasteiger partial charge is 0.230 e.